The van der Waals surface area contributed by atoms with Gasteiger partial charge in [-0.15, -0.1) is 0 Å². The zero-order chi connectivity index (χ0) is 23.2. The standard InChI is InChI=1S/C23H38IO6P/c1-4-5-8-16(2)13-18(26)11-12-19-20(21(27)15-22(19)30-31-24)14-17(25)9-6-7-10-23(28)29-3/h11-12,16,18-20,22,26,31H,4-10,13-15H2,1-3H3/b12-11+/t16-,18+,19+,20+,22+/m0/s1. The molecular formula is C23H38IO6P. The van der Waals surface area contributed by atoms with E-state index in [9.17, 15) is 19.5 Å². The summed E-state index contributed by atoms with van der Waals surface area (Å²) in [5, 5.41) is 10.4. The van der Waals surface area contributed by atoms with Gasteiger partial charge in [0.2, 0.25) is 0 Å². The van der Waals surface area contributed by atoms with Crippen LogP contribution in [0.5, 0.6) is 0 Å². The molecule has 31 heavy (non-hydrogen) atoms. The fourth-order valence-corrected chi connectivity index (χ4v) is 5.44. The molecule has 178 valence electrons. The average molecular weight is 568 g/mol. The minimum atomic E-state index is -0.556. The molecule has 0 aromatic heterocycles. The van der Waals surface area contributed by atoms with Crippen molar-refractivity contribution in [1.29, 1.82) is 0 Å². The van der Waals surface area contributed by atoms with Crippen molar-refractivity contribution in [2.75, 3.05) is 7.11 Å². The lowest BCUT2D eigenvalue weighted by Crippen LogP contribution is -2.22. The summed E-state index contributed by atoms with van der Waals surface area (Å²) >= 11 is 2.14. The molecule has 0 aromatic rings. The zero-order valence-corrected chi connectivity index (χ0v) is 22.1. The summed E-state index contributed by atoms with van der Waals surface area (Å²) in [6.45, 7) is 4.55. The third kappa shape index (κ3) is 11.4. The first-order chi connectivity index (χ1) is 14.8. The van der Waals surface area contributed by atoms with Crippen molar-refractivity contribution in [3.05, 3.63) is 12.2 Å². The summed E-state index contributed by atoms with van der Waals surface area (Å²) in [4.78, 5) is 36.3. The van der Waals surface area contributed by atoms with E-state index in [0.717, 1.165) is 19.3 Å². The van der Waals surface area contributed by atoms with Crippen LogP contribution in [0.2, 0.25) is 0 Å². The fourth-order valence-electron chi connectivity index (χ4n) is 4.10. The number of halogens is 1. The van der Waals surface area contributed by atoms with Crippen molar-refractivity contribution in [2.24, 2.45) is 17.8 Å². The van der Waals surface area contributed by atoms with Gasteiger partial charge in [-0.25, -0.2) is 0 Å². The quantitative estimate of drug-likeness (QED) is 0.0889. The lowest BCUT2D eigenvalue weighted by molar-refractivity contribution is -0.140. The summed E-state index contributed by atoms with van der Waals surface area (Å²) in [5.41, 5.74) is 0. The van der Waals surface area contributed by atoms with E-state index in [0.29, 0.717) is 44.4 Å². The molecule has 1 unspecified atom stereocenters. The number of rotatable bonds is 16. The van der Waals surface area contributed by atoms with E-state index in [-0.39, 0.29) is 42.4 Å². The number of hydrogen-bond donors (Lipinski definition) is 1. The highest BCUT2D eigenvalue weighted by Gasteiger charge is 2.42. The van der Waals surface area contributed by atoms with Crippen molar-refractivity contribution in [3.8, 4) is 0 Å². The summed E-state index contributed by atoms with van der Waals surface area (Å²) in [6, 6.07) is 0. The fraction of sp³-hybridized carbons (Fsp3) is 0.783. The minimum absolute atomic E-state index is 0.0351. The van der Waals surface area contributed by atoms with E-state index in [2.05, 4.69) is 40.6 Å². The predicted octanol–water partition coefficient (Wildman–Crippen LogP) is 5.35. The Kier molecular flexibility index (Phi) is 15.0. The average Bonchev–Trinajstić information content (AvgIpc) is 3.02. The third-order valence-electron chi connectivity index (χ3n) is 5.92. The van der Waals surface area contributed by atoms with E-state index in [1.807, 2.05) is 6.08 Å². The first-order valence-corrected chi connectivity index (χ1v) is 15.3. The lowest BCUT2D eigenvalue weighted by Gasteiger charge is -2.21. The van der Waals surface area contributed by atoms with Gasteiger partial charge in [0, 0.05) is 37.5 Å². The van der Waals surface area contributed by atoms with Gasteiger partial charge in [0.25, 0.3) is 0 Å². The second-order valence-corrected chi connectivity index (χ2v) is 10.3. The Balaban J connectivity index is 2.66. The van der Waals surface area contributed by atoms with Gasteiger partial charge < -0.3 is 14.4 Å². The number of methoxy groups -OCH3 is 1. The van der Waals surface area contributed by atoms with Crippen LogP contribution in [0.15, 0.2) is 12.2 Å². The van der Waals surface area contributed by atoms with Gasteiger partial charge in [-0.2, -0.15) is 0 Å². The molecule has 0 amide bonds. The van der Waals surface area contributed by atoms with Crippen LogP contribution >= 0.6 is 28.5 Å². The molecule has 6 atom stereocenters. The number of ketones is 2. The summed E-state index contributed by atoms with van der Waals surface area (Å²) in [5.74, 6) is -0.321. The Morgan fingerprint density at radius 2 is 2.00 bits per heavy atom. The van der Waals surface area contributed by atoms with E-state index < -0.39 is 12.0 Å². The second kappa shape index (κ2) is 16.3. The maximum Gasteiger partial charge on any atom is 0.305 e. The SMILES string of the molecule is CCCC[C@H](C)C[C@H](O)/C=C/[C@H]1[C@H](OPI)CC(=O)[C@@H]1CC(=O)CCCCC(=O)OC. The highest BCUT2D eigenvalue weighted by atomic mass is 127. The first kappa shape index (κ1) is 28.7. The van der Waals surface area contributed by atoms with E-state index in [4.69, 9.17) is 4.52 Å². The molecule has 0 radical (unpaired) electrons. The monoisotopic (exact) mass is 568 g/mol. The first-order valence-electron chi connectivity index (χ1n) is 11.3. The molecule has 0 spiro atoms. The van der Waals surface area contributed by atoms with Crippen molar-refractivity contribution < 1.29 is 28.8 Å². The van der Waals surface area contributed by atoms with Crippen LogP contribution in [-0.4, -0.2) is 42.0 Å². The zero-order valence-electron chi connectivity index (χ0n) is 19.0. The minimum Gasteiger partial charge on any atom is -0.469 e. The predicted molar refractivity (Wildman–Crippen MR) is 132 cm³/mol. The number of aliphatic hydroxyl groups excluding tert-OH is 1. The largest absolute Gasteiger partial charge is 0.469 e. The Labute approximate surface area is 201 Å². The highest BCUT2D eigenvalue weighted by Crippen LogP contribution is 2.40. The topological polar surface area (TPSA) is 89.9 Å². The van der Waals surface area contributed by atoms with Gasteiger partial charge >= 0.3 is 5.97 Å². The van der Waals surface area contributed by atoms with E-state index in [1.54, 1.807) is 6.08 Å². The summed E-state index contributed by atoms with van der Waals surface area (Å²) in [7, 11) is 1.35. The van der Waals surface area contributed by atoms with Gasteiger partial charge in [0.05, 0.1) is 25.8 Å². The van der Waals surface area contributed by atoms with Crippen molar-refractivity contribution in [2.45, 2.75) is 90.3 Å². The number of carbonyl (C=O) groups is 3. The molecular weight excluding hydrogens is 530 g/mol. The van der Waals surface area contributed by atoms with Gasteiger partial charge in [0.1, 0.15) is 11.6 Å². The molecule has 0 heterocycles. The molecule has 8 heteroatoms. The Bertz CT molecular complexity index is 597. The number of ether oxygens (including phenoxy) is 1. The normalized spacial score (nSPS) is 23.6. The van der Waals surface area contributed by atoms with Crippen LogP contribution in [0.4, 0.5) is 0 Å². The summed E-state index contributed by atoms with van der Waals surface area (Å²) < 4.78 is 10.4. The number of hydrogen-bond acceptors (Lipinski definition) is 6. The smallest absolute Gasteiger partial charge is 0.305 e. The number of aliphatic hydroxyl groups is 1. The second-order valence-electron chi connectivity index (χ2n) is 8.55. The van der Waals surface area contributed by atoms with Crippen LogP contribution in [-0.2, 0) is 23.6 Å². The van der Waals surface area contributed by atoms with Gasteiger partial charge in [-0.1, -0.05) is 45.3 Å². The van der Waals surface area contributed by atoms with E-state index >= 15 is 0 Å². The van der Waals surface area contributed by atoms with E-state index in [1.165, 1.54) is 7.11 Å². The molecule has 1 rings (SSSR count). The number of carbonyl (C=O) groups excluding carboxylic acids is 3. The molecule has 0 bridgehead atoms. The van der Waals surface area contributed by atoms with Gasteiger partial charge in [-0.3, -0.25) is 14.4 Å². The van der Waals surface area contributed by atoms with Crippen molar-refractivity contribution in [1.82, 2.24) is 0 Å². The van der Waals surface area contributed by atoms with Crippen molar-refractivity contribution in [3.63, 3.8) is 0 Å². The molecule has 0 saturated heterocycles. The Hall–Kier alpha value is -0.370. The maximum absolute atomic E-state index is 12.6. The van der Waals surface area contributed by atoms with Crippen LogP contribution in [0.3, 0.4) is 0 Å². The van der Waals surface area contributed by atoms with Gasteiger partial charge in [0.15, 0.2) is 0 Å². The van der Waals surface area contributed by atoms with Crippen LogP contribution in [0, 0.1) is 17.8 Å². The summed E-state index contributed by atoms with van der Waals surface area (Å²) in [6.07, 6.45) is 9.37. The van der Waals surface area contributed by atoms with Crippen LogP contribution < -0.4 is 0 Å². The van der Waals surface area contributed by atoms with Crippen molar-refractivity contribution >= 4 is 46.0 Å². The van der Waals surface area contributed by atoms with Gasteiger partial charge in [-0.05, 0) is 47.2 Å². The number of unbranched alkanes of at least 4 members (excludes halogenated alkanes) is 2. The number of Topliss-reactive ketones (excluding diaryl/α,β-unsaturated/α-hetero) is 2. The molecule has 1 aliphatic rings. The lowest BCUT2D eigenvalue weighted by atomic mass is 9.87. The highest BCUT2D eigenvalue weighted by molar-refractivity contribution is 14.2. The molecule has 1 saturated carbocycles. The maximum atomic E-state index is 12.6. The van der Waals surface area contributed by atoms with Crippen LogP contribution in [0.1, 0.15) is 78.1 Å². The molecule has 1 aliphatic carbocycles. The molecule has 0 aliphatic heterocycles. The molecule has 1 fully saturated rings. The number of esters is 1. The van der Waals surface area contributed by atoms with Crippen LogP contribution in [0.25, 0.3) is 0 Å². The third-order valence-corrected chi connectivity index (χ3v) is 7.07. The molecule has 0 aromatic carbocycles. The molecule has 6 nitrogen and oxygen atoms in total. The molecule has 1 N–H and O–H groups in total. The Morgan fingerprint density at radius 3 is 2.65 bits per heavy atom. The Morgan fingerprint density at radius 1 is 1.29 bits per heavy atom.